The number of hydrogen-bond acceptors (Lipinski definition) is 0. The SMILES string of the molecule is CC(C)(C)c1ccc(C2(c3ccc(F)cc3)CC2)cc1. The maximum Gasteiger partial charge on any atom is 0.123 e. The van der Waals surface area contributed by atoms with Gasteiger partial charge < -0.3 is 0 Å². The number of hydrogen-bond donors (Lipinski definition) is 0. The molecule has 1 aliphatic carbocycles. The minimum absolute atomic E-state index is 0.129. The molecule has 0 aliphatic heterocycles. The molecule has 2 aromatic carbocycles. The first-order chi connectivity index (χ1) is 9.42. The molecule has 1 fully saturated rings. The zero-order valence-electron chi connectivity index (χ0n) is 12.4. The molecule has 2 aromatic rings. The molecule has 0 heterocycles. The van der Waals surface area contributed by atoms with Gasteiger partial charge in [-0.1, -0.05) is 57.2 Å². The van der Waals surface area contributed by atoms with Crippen LogP contribution >= 0.6 is 0 Å². The molecule has 1 aliphatic rings. The Hall–Kier alpha value is -1.63. The van der Waals surface area contributed by atoms with Gasteiger partial charge in [-0.05, 0) is 47.1 Å². The average molecular weight is 268 g/mol. The summed E-state index contributed by atoms with van der Waals surface area (Å²) in [6, 6.07) is 16.0. The predicted molar refractivity (Wildman–Crippen MR) is 81.6 cm³/mol. The zero-order chi connectivity index (χ0) is 14.4. The van der Waals surface area contributed by atoms with Gasteiger partial charge in [-0.3, -0.25) is 0 Å². The molecule has 3 rings (SSSR count). The van der Waals surface area contributed by atoms with Gasteiger partial charge in [0, 0.05) is 5.41 Å². The summed E-state index contributed by atoms with van der Waals surface area (Å²) in [4.78, 5) is 0. The van der Waals surface area contributed by atoms with Crippen LogP contribution in [0.4, 0.5) is 4.39 Å². The average Bonchev–Trinajstić information content (AvgIpc) is 3.20. The lowest BCUT2D eigenvalue weighted by atomic mass is 9.83. The summed E-state index contributed by atoms with van der Waals surface area (Å²) < 4.78 is 13.1. The van der Waals surface area contributed by atoms with Crippen molar-refractivity contribution in [3.63, 3.8) is 0 Å². The number of benzene rings is 2. The van der Waals surface area contributed by atoms with E-state index in [0.717, 1.165) is 12.8 Å². The van der Waals surface area contributed by atoms with E-state index >= 15 is 0 Å². The monoisotopic (exact) mass is 268 g/mol. The molecule has 0 nitrogen and oxygen atoms in total. The van der Waals surface area contributed by atoms with Crippen LogP contribution in [0.2, 0.25) is 0 Å². The van der Waals surface area contributed by atoms with Crippen LogP contribution in [0, 0.1) is 5.82 Å². The van der Waals surface area contributed by atoms with Crippen molar-refractivity contribution in [1.82, 2.24) is 0 Å². The number of halogens is 1. The fraction of sp³-hybridized carbons (Fsp3) is 0.368. The summed E-state index contributed by atoms with van der Waals surface area (Å²) >= 11 is 0. The third kappa shape index (κ3) is 2.26. The third-order valence-corrected chi connectivity index (χ3v) is 4.45. The van der Waals surface area contributed by atoms with E-state index in [1.54, 1.807) is 12.1 Å². The first-order valence-corrected chi connectivity index (χ1v) is 7.29. The Morgan fingerprint density at radius 1 is 0.800 bits per heavy atom. The van der Waals surface area contributed by atoms with Gasteiger partial charge in [0.2, 0.25) is 0 Å². The zero-order valence-corrected chi connectivity index (χ0v) is 12.4. The van der Waals surface area contributed by atoms with E-state index in [1.165, 1.54) is 16.7 Å². The Morgan fingerprint density at radius 3 is 1.65 bits per heavy atom. The lowest BCUT2D eigenvalue weighted by Crippen LogP contribution is -2.13. The summed E-state index contributed by atoms with van der Waals surface area (Å²) in [5, 5.41) is 0. The lowest BCUT2D eigenvalue weighted by Gasteiger charge is -2.21. The van der Waals surface area contributed by atoms with E-state index in [4.69, 9.17) is 0 Å². The molecule has 0 unspecified atom stereocenters. The van der Waals surface area contributed by atoms with E-state index in [0.29, 0.717) is 0 Å². The van der Waals surface area contributed by atoms with Crippen LogP contribution in [0.3, 0.4) is 0 Å². The van der Waals surface area contributed by atoms with Gasteiger partial charge in [0.15, 0.2) is 0 Å². The molecule has 0 spiro atoms. The van der Waals surface area contributed by atoms with Crippen molar-refractivity contribution >= 4 is 0 Å². The van der Waals surface area contributed by atoms with Gasteiger partial charge in [0.05, 0.1) is 0 Å². The van der Waals surface area contributed by atoms with Gasteiger partial charge in [-0.2, -0.15) is 0 Å². The summed E-state index contributed by atoms with van der Waals surface area (Å²) in [6.45, 7) is 6.69. The fourth-order valence-electron chi connectivity index (χ4n) is 2.93. The topological polar surface area (TPSA) is 0 Å². The van der Waals surface area contributed by atoms with Crippen LogP contribution in [0.1, 0.15) is 50.3 Å². The van der Waals surface area contributed by atoms with Crippen LogP contribution in [0.25, 0.3) is 0 Å². The van der Waals surface area contributed by atoms with Crippen LogP contribution in [-0.2, 0) is 10.8 Å². The molecule has 104 valence electrons. The van der Waals surface area contributed by atoms with E-state index in [-0.39, 0.29) is 16.6 Å². The van der Waals surface area contributed by atoms with Crippen molar-refractivity contribution in [1.29, 1.82) is 0 Å². The first kappa shape index (κ1) is 13.4. The molecule has 0 atom stereocenters. The van der Waals surface area contributed by atoms with Crippen LogP contribution in [0.5, 0.6) is 0 Å². The molecule has 0 N–H and O–H groups in total. The molecule has 0 amide bonds. The standard InChI is InChI=1S/C19H21F/c1-18(2,3)14-4-6-15(7-5-14)19(12-13-19)16-8-10-17(20)11-9-16/h4-11H,12-13H2,1-3H3. The normalized spacial score (nSPS) is 17.0. The Morgan fingerprint density at radius 2 is 1.25 bits per heavy atom. The van der Waals surface area contributed by atoms with Gasteiger partial charge in [-0.15, -0.1) is 0 Å². The van der Waals surface area contributed by atoms with Gasteiger partial charge >= 0.3 is 0 Å². The molecule has 0 radical (unpaired) electrons. The maximum absolute atomic E-state index is 13.1. The van der Waals surface area contributed by atoms with Crippen molar-refractivity contribution in [2.24, 2.45) is 0 Å². The van der Waals surface area contributed by atoms with Crippen molar-refractivity contribution in [2.75, 3.05) is 0 Å². The second-order valence-electron chi connectivity index (χ2n) is 6.92. The van der Waals surface area contributed by atoms with Gasteiger partial charge in [0.25, 0.3) is 0 Å². The minimum Gasteiger partial charge on any atom is -0.207 e. The van der Waals surface area contributed by atoms with E-state index in [9.17, 15) is 4.39 Å². The molecule has 0 saturated heterocycles. The van der Waals surface area contributed by atoms with E-state index in [2.05, 4.69) is 45.0 Å². The highest BCUT2D eigenvalue weighted by molar-refractivity contribution is 5.46. The molecule has 1 heteroatoms. The molecule has 20 heavy (non-hydrogen) atoms. The van der Waals surface area contributed by atoms with Crippen LogP contribution < -0.4 is 0 Å². The molecule has 0 bridgehead atoms. The van der Waals surface area contributed by atoms with Crippen LogP contribution in [0.15, 0.2) is 48.5 Å². The largest absolute Gasteiger partial charge is 0.207 e. The first-order valence-electron chi connectivity index (χ1n) is 7.29. The quantitative estimate of drug-likeness (QED) is 0.702. The van der Waals surface area contributed by atoms with Crippen molar-refractivity contribution in [2.45, 2.75) is 44.4 Å². The summed E-state index contributed by atoms with van der Waals surface area (Å²) in [7, 11) is 0. The van der Waals surface area contributed by atoms with E-state index in [1.807, 2.05) is 12.1 Å². The summed E-state index contributed by atoms with van der Waals surface area (Å²) in [6.07, 6.45) is 2.32. The smallest absolute Gasteiger partial charge is 0.123 e. The fourth-order valence-corrected chi connectivity index (χ4v) is 2.93. The molecular formula is C19H21F. The van der Waals surface area contributed by atoms with Crippen molar-refractivity contribution in [3.05, 3.63) is 71.0 Å². The highest BCUT2D eigenvalue weighted by atomic mass is 19.1. The molecule has 0 aromatic heterocycles. The van der Waals surface area contributed by atoms with Crippen LogP contribution in [-0.4, -0.2) is 0 Å². The minimum atomic E-state index is -0.160. The van der Waals surface area contributed by atoms with Gasteiger partial charge in [0.1, 0.15) is 5.82 Å². The van der Waals surface area contributed by atoms with Gasteiger partial charge in [-0.25, -0.2) is 4.39 Å². The maximum atomic E-state index is 13.1. The lowest BCUT2D eigenvalue weighted by molar-refractivity contribution is 0.589. The predicted octanol–water partition coefficient (Wildman–Crippen LogP) is 5.20. The van der Waals surface area contributed by atoms with Crippen molar-refractivity contribution < 1.29 is 4.39 Å². The Balaban J connectivity index is 1.94. The molecular weight excluding hydrogens is 247 g/mol. The Bertz CT molecular complexity index is 596. The van der Waals surface area contributed by atoms with E-state index < -0.39 is 0 Å². The number of rotatable bonds is 2. The highest BCUT2D eigenvalue weighted by Crippen LogP contribution is 2.53. The van der Waals surface area contributed by atoms with Crippen molar-refractivity contribution in [3.8, 4) is 0 Å². The summed E-state index contributed by atoms with van der Waals surface area (Å²) in [5.74, 6) is -0.160. The Kier molecular flexibility index (Phi) is 2.97. The Labute approximate surface area is 120 Å². The second kappa shape index (κ2) is 4.44. The molecule has 1 saturated carbocycles. The second-order valence-corrected chi connectivity index (χ2v) is 6.92. The summed E-state index contributed by atoms with van der Waals surface area (Å²) in [5.41, 5.74) is 4.27. The third-order valence-electron chi connectivity index (χ3n) is 4.45. The highest BCUT2D eigenvalue weighted by Gasteiger charge is 2.45.